The minimum Gasteiger partial charge on any atom is -0.376 e. The highest BCUT2D eigenvalue weighted by Crippen LogP contribution is 2.19. The number of hydrogen-bond acceptors (Lipinski definition) is 4. The largest absolute Gasteiger partial charge is 0.376 e. The lowest BCUT2D eigenvalue weighted by Gasteiger charge is -2.21. The minimum absolute atomic E-state index is 0.0102. The molecule has 0 aromatic heterocycles. The summed E-state index contributed by atoms with van der Waals surface area (Å²) in [7, 11) is 0. The van der Waals surface area contributed by atoms with Crippen molar-refractivity contribution in [2.24, 2.45) is 0 Å². The summed E-state index contributed by atoms with van der Waals surface area (Å²) in [5.74, 6) is -0.571. The summed E-state index contributed by atoms with van der Waals surface area (Å²) >= 11 is 0. The molecule has 0 atom stereocenters. The van der Waals surface area contributed by atoms with Crippen LogP contribution in [0.25, 0.3) is 0 Å². The summed E-state index contributed by atoms with van der Waals surface area (Å²) in [4.78, 5) is 39.4. The molecule has 34 heavy (non-hydrogen) atoms. The van der Waals surface area contributed by atoms with Crippen molar-refractivity contribution in [1.82, 2.24) is 5.32 Å². The Kier molecular flexibility index (Phi) is 8.40. The van der Waals surface area contributed by atoms with E-state index >= 15 is 0 Å². The zero-order chi connectivity index (χ0) is 24.5. The molecule has 0 aliphatic rings. The van der Waals surface area contributed by atoms with E-state index in [1.54, 1.807) is 53.4 Å². The summed E-state index contributed by atoms with van der Waals surface area (Å²) in [5, 5.41) is 8.68. The molecule has 0 saturated heterocycles. The Balaban J connectivity index is 1.61. The maximum absolute atomic E-state index is 13.0. The van der Waals surface area contributed by atoms with Gasteiger partial charge in [0.25, 0.3) is 11.8 Å². The third kappa shape index (κ3) is 6.68. The van der Waals surface area contributed by atoms with Gasteiger partial charge in [-0.3, -0.25) is 14.4 Å². The van der Waals surface area contributed by atoms with E-state index < -0.39 is 0 Å². The number of anilines is 3. The molecule has 0 saturated carbocycles. The molecule has 0 heterocycles. The van der Waals surface area contributed by atoms with Crippen molar-refractivity contribution in [3.8, 4) is 0 Å². The van der Waals surface area contributed by atoms with Crippen molar-refractivity contribution in [1.29, 1.82) is 0 Å². The Morgan fingerprint density at radius 1 is 0.824 bits per heavy atom. The van der Waals surface area contributed by atoms with Crippen LogP contribution in [0, 0.1) is 0 Å². The van der Waals surface area contributed by atoms with Crippen molar-refractivity contribution in [3.63, 3.8) is 0 Å². The maximum Gasteiger partial charge on any atom is 0.258 e. The Morgan fingerprint density at radius 2 is 1.47 bits per heavy atom. The number of nitrogens with one attached hydrogen (secondary N) is 3. The molecule has 0 fully saturated rings. The number of amides is 3. The molecule has 0 spiro atoms. The fourth-order valence-corrected chi connectivity index (χ4v) is 3.44. The molecule has 3 N–H and O–H groups in total. The highest BCUT2D eigenvalue weighted by atomic mass is 16.2. The average molecular weight is 459 g/mol. The van der Waals surface area contributed by atoms with Crippen LogP contribution in [0.4, 0.5) is 17.1 Å². The molecule has 3 amide bonds. The SMILES string of the molecule is CCN(C(=O)c1cccc(NCC(=O)Nc2cccc(C(=O)NC(C)C)c2)c1)c1ccccc1. The molecule has 176 valence electrons. The fraction of sp³-hybridized carbons (Fsp3) is 0.222. The lowest BCUT2D eigenvalue weighted by Crippen LogP contribution is -2.30. The molecule has 3 aromatic rings. The van der Waals surface area contributed by atoms with Crippen LogP contribution in [0.1, 0.15) is 41.5 Å². The standard InChI is InChI=1S/C27H30N4O3/c1-4-31(24-14-6-5-7-15-24)27(34)21-11-9-12-22(17-21)28-18-25(32)30-23-13-8-10-20(16-23)26(33)29-19(2)3/h5-17,19,28H,4,18H2,1-3H3,(H,29,33)(H,30,32). The number of carbonyl (C=O) groups excluding carboxylic acids is 3. The number of benzene rings is 3. The molecule has 0 unspecified atom stereocenters. The van der Waals surface area contributed by atoms with E-state index in [9.17, 15) is 14.4 Å². The molecule has 3 aromatic carbocycles. The number of hydrogen-bond donors (Lipinski definition) is 3. The first kappa shape index (κ1) is 24.5. The Hall–Kier alpha value is -4.13. The lowest BCUT2D eigenvalue weighted by atomic mass is 10.1. The summed E-state index contributed by atoms with van der Waals surface area (Å²) in [6.45, 7) is 6.25. The van der Waals surface area contributed by atoms with E-state index in [2.05, 4.69) is 16.0 Å². The summed E-state index contributed by atoms with van der Waals surface area (Å²) < 4.78 is 0. The predicted molar refractivity (Wildman–Crippen MR) is 136 cm³/mol. The van der Waals surface area contributed by atoms with Crippen LogP contribution in [-0.2, 0) is 4.79 Å². The summed E-state index contributed by atoms with van der Waals surface area (Å²) in [6, 6.07) is 23.4. The van der Waals surface area contributed by atoms with E-state index in [0.717, 1.165) is 5.69 Å². The number of nitrogens with zero attached hydrogens (tertiary/aromatic N) is 1. The second-order valence-electron chi connectivity index (χ2n) is 8.08. The molecule has 3 rings (SSSR count). The normalized spacial score (nSPS) is 10.5. The lowest BCUT2D eigenvalue weighted by molar-refractivity contribution is -0.114. The quantitative estimate of drug-likeness (QED) is 0.439. The van der Waals surface area contributed by atoms with Gasteiger partial charge in [0.05, 0.1) is 6.54 Å². The molecular formula is C27H30N4O3. The molecule has 0 aliphatic carbocycles. The fourth-order valence-electron chi connectivity index (χ4n) is 3.44. The first-order valence-corrected chi connectivity index (χ1v) is 11.3. The number of carbonyl (C=O) groups is 3. The van der Waals surface area contributed by atoms with E-state index in [4.69, 9.17) is 0 Å². The van der Waals surface area contributed by atoms with Gasteiger partial charge < -0.3 is 20.9 Å². The van der Waals surface area contributed by atoms with Gasteiger partial charge in [-0.25, -0.2) is 0 Å². The van der Waals surface area contributed by atoms with Crippen molar-refractivity contribution >= 4 is 34.8 Å². The molecule has 0 bridgehead atoms. The number of para-hydroxylation sites is 1. The van der Waals surface area contributed by atoms with Crippen molar-refractivity contribution in [2.75, 3.05) is 28.6 Å². The molecule has 7 heteroatoms. The monoisotopic (exact) mass is 458 g/mol. The second kappa shape index (κ2) is 11.7. The maximum atomic E-state index is 13.0. The Morgan fingerprint density at radius 3 is 2.15 bits per heavy atom. The van der Waals surface area contributed by atoms with Crippen molar-refractivity contribution in [2.45, 2.75) is 26.8 Å². The second-order valence-corrected chi connectivity index (χ2v) is 8.08. The van der Waals surface area contributed by atoms with Gasteiger partial charge >= 0.3 is 0 Å². The minimum atomic E-state index is -0.266. The third-order valence-corrected chi connectivity index (χ3v) is 5.02. The third-order valence-electron chi connectivity index (χ3n) is 5.02. The van der Waals surface area contributed by atoms with Crippen LogP contribution in [0.3, 0.4) is 0 Å². The van der Waals surface area contributed by atoms with Crippen LogP contribution in [0.5, 0.6) is 0 Å². The van der Waals surface area contributed by atoms with Crippen molar-refractivity contribution in [3.05, 3.63) is 90.0 Å². The van der Waals surface area contributed by atoms with Gasteiger partial charge in [0.1, 0.15) is 0 Å². The Labute approximate surface area is 200 Å². The molecule has 0 radical (unpaired) electrons. The smallest absolute Gasteiger partial charge is 0.258 e. The first-order chi connectivity index (χ1) is 16.4. The van der Waals surface area contributed by atoms with Gasteiger partial charge in [0.15, 0.2) is 0 Å². The predicted octanol–water partition coefficient (Wildman–Crippen LogP) is 4.54. The van der Waals surface area contributed by atoms with E-state index in [1.165, 1.54) is 0 Å². The molecule has 0 aliphatic heterocycles. The van der Waals surface area contributed by atoms with Gasteiger partial charge in [-0.15, -0.1) is 0 Å². The van der Waals surface area contributed by atoms with Crippen LogP contribution >= 0.6 is 0 Å². The van der Waals surface area contributed by atoms with Crippen LogP contribution in [0.15, 0.2) is 78.9 Å². The molecule has 7 nitrogen and oxygen atoms in total. The average Bonchev–Trinajstić information content (AvgIpc) is 2.84. The summed E-state index contributed by atoms with van der Waals surface area (Å²) in [5.41, 5.74) is 3.03. The summed E-state index contributed by atoms with van der Waals surface area (Å²) in [6.07, 6.45) is 0. The van der Waals surface area contributed by atoms with Crippen LogP contribution in [-0.4, -0.2) is 36.9 Å². The van der Waals surface area contributed by atoms with Crippen molar-refractivity contribution < 1.29 is 14.4 Å². The number of rotatable bonds is 9. The van der Waals surface area contributed by atoms with Crippen LogP contribution in [0.2, 0.25) is 0 Å². The molecular weight excluding hydrogens is 428 g/mol. The highest BCUT2D eigenvalue weighted by Gasteiger charge is 2.16. The van der Waals surface area contributed by atoms with E-state index in [-0.39, 0.29) is 30.3 Å². The van der Waals surface area contributed by atoms with Gasteiger partial charge in [0.2, 0.25) is 5.91 Å². The zero-order valence-electron chi connectivity index (χ0n) is 19.7. The highest BCUT2D eigenvalue weighted by molar-refractivity contribution is 6.06. The van der Waals surface area contributed by atoms with Gasteiger partial charge in [-0.05, 0) is 69.3 Å². The zero-order valence-corrected chi connectivity index (χ0v) is 19.7. The first-order valence-electron chi connectivity index (χ1n) is 11.3. The Bertz CT molecular complexity index is 1150. The van der Waals surface area contributed by atoms with E-state index in [0.29, 0.717) is 29.0 Å². The van der Waals surface area contributed by atoms with E-state index in [1.807, 2.05) is 51.1 Å². The topological polar surface area (TPSA) is 90.5 Å². The van der Waals surface area contributed by atoms with Gasteiger partial charge in [-0.1, -0.05) is 30.3 Å². The van der Waals surface area contributed by atoms with Crippen LogP contribution < -0.4 is 20.9 Å². The van der Waals surface area contributed by atoms with Gasteiger partial charge in [0, 0.05) is 40.8 Å². The van der Waals surface area contributed by atoms with Gasteiger partial charge in [-0.2, -0.15) is 0 Å².